The molecule has 6 nitrogen and oxygen atoms in total. The molecule has 24 heavy (non-hydrogen) atoms. The monoisotopic (exact) mass is 339 g/mol. The highest BCUT2D eigenvalue weighted by Crippen LogP contribution is 2.19. The third kappa shape index (κ3) is 4.51. The smallest absolute Gasteiger partial charge is 0.315 e. The molecule has 0 fully saturated rings. The predicted molar refractivity (Wildman–Crippen MR) is 82.1 cm³/mol. The molecule has 0 saturated carbocycles. The first-order valence-corrected chi connectivity index (χ1v) is 7.47. The lowest BCUT2D eigenvalue weighted by molar-refractivity contribution is 0.164. The molecule has 8 heteroatoms. The van der Waals surface area contributed by atoms with Gasteiger partial charge < -0.3 is 20.3 Å². The summed E-state index contributed by atoms with van der Waals surface area (Å²) >= 11 is 0. The Hall–Kier alpha value is -2.48. The van der Waals surface area contributed by atoms with Gasteiger partial charge in [-0.25, -0.2) is 13.6 Å². The summed E-state index contributed by atoms with van der Waals surface area (Å²) in [7, 11) is 0. The Bertz CT molecular complexity index is 683. The maximum absolute atomic E-state index is 13.5. The average molecular weight is 339 g/mol. The Morgan fingerprint density at radius 1 is 1.29 bits per heavy atom. The summed E-state index contributed by atoms with van der Waals surface area (Å²) in [6.45, 7) is 3.70. The molecule has 0 saturated heterocycles. The number of aliphatic hydroxyl groups is 1. The minimum Gasteiger partial charge on any atom is -0.386 e. The van der Waals surface area contributed by atoms with Crippen LogP contribution in [0.1, 0.15) is 42.9 Å². The minimum absolute atomic E-state index is 0.107. The number of urea groups is 1. The van der Waals surface area contributed by atoms with Crippen LogP contribution in [0.5, 0.6) is 0 Å². The second-order valence-corrected chi connectivity index (χ2v) is 5.59. The Balaban J connectivity index is 1.82. The molecule has 0 aliphatic rings. The molecule has 1 heterocycles. The Morgan fingerprint density at radius 2 is 1.96 bits per heavy atom. The van der Waals surface area contributed by atoms with Crippen LogP contribution in [0.3, 0.4) is 0 Å². The molecule has 2 amide bonds. The molecule has 2 rings (SSSR count). The van der Waals surface area contributed by atoms with E-state index in [1.807, 2.05) is 13.8 Å². The van der Waals surface area contributed by atoms with Crippen molar-refractivity contribution in [3.63, 3.8) is 0 Å². The zero-order valence-electron chi connectivity index (χ0n) is 13.3. The van der Waals surface area contributed by atoms with Gasteiger partial charge >= 0.3 is 6.03 Å². The quantitative estimate of drug-likeness (QED) is 0.755. The van der Waals surface area contributed by atoms with Gasteiger partial charge in [-0.05, 0) is 18.1 Å². The highest BCUT2D eigenvalue weighted by molar-refractivity contribution is 5.73. The zero-order valence-corrected chi connectivity index (χ0v) is 13.3. The molecule has 0 bridgehead atoms. The van der Waals surface area contributed by atoms with Crippen LogP contribution in [0.25, 0.3) is 0 Å². The number of nitrogens with one attached hydrogen (secondary N) is 2. The van der Waals surface area contributed by atoms with Gasteiger partial charge in [0.1, 0.15) is 17.7 Å². The number of carbonyl (C=O) groups excluding carboxylic acids is 1. The maximum atomic E-state index is 13.5. The predicted octanol–water partition coefficient (Wildman–Crippen LogP) is 2.61. The summed E-state index contributed by atoms with van der Waals surface area (Å²) in [5.41, 5.74) is 0.298. The maximum Gasteiger partial charge on any atom is 0.315 e. The van der Waals surface area contributed by atoms with Gasteiger partial charge in [0, 0.05) is 12.6 Å². The van der Waals surface area contributed by atoms with Gasteiger partial charge in [-0.3, -0.25) is 0 Å². The van der Waals surface area contributed by atoms with Crippen molar-refractivity contribution in [1.82, 2.24) is 15.8 Å². The number of hydrogen-bond acceptors (Lipinski definition) is 4. The number of rotatable bonds is 6. The van der Waals surface area contributed by atoms with E-state index in [1.165, 1.54) is 6.07 Å². The van der Waals surface area contributed by atoms with Crippen LogP contribution in [0.15, 0.2) is 28.8 Å². The van der Waals surface area contributed by atoms with E-state index in [2.05, 4.69) is 15.8 Å². The molecule has 1 aromatic carbocycles. The third-order valence-corrected chi connectivity index (χ3v) is 3.38. The Kier molecular flexibility index (Phi) is 5.86. The van der Waals surface area contributed by atoms with Gasteiger partial charge in [0.25, 0.3) is 0 Å². The van der Waals surface area contributed by atoms with E-state index in [4.69, 9.17) is 4.52 Å². The average Bonchev–Trinajstić information content (AvgIpc) is 3.00. The van der Waals surface area contributed by atoms with Crippen LogP contribution in [-0.2, 0) is 6.54 Å². The van der Waals surface area contributed by atoms with Crippen LogP contribution >= 0.6 is 0 Å². The minimum atomic E-state index is -1.49. The first kappa shape index (κ1) is 17.9. The highest BCUT2D eigenvalue weighted by atomic mass is 19.1. The standard InChI is InChI=1S/C16H19F2N3O3/c1-9(2)13-6-10(24-21-13)7-19-16(23)20-8-14(22)15-11(17)4-3-5-12(15)18/h3-6,9,14,22H,7-8H2,1-2H3,(H2,19,20,23). The van der Waals surface area contributed by atoms with E-state index in [9.17, 15) is 18.7 Å². The summed E-state index contributed by atoms with van der Waals surface area (Å²) in [6, 6.07) is 4.40. The molecule has 0 radical (unpaired) electrons. The van der Waals surface area contributed by atoms with E-state index in [0.29, 0.717) is 5.76 Å². The Labute approximate surface area is 137 Å². The van der Waals surface area contributed by atoms with Gasteiger partial charge in [0.15, 0.2) is 5.76 Å². The summed E-state index contributed by atoms with van der Waals surface area (Å²) in [4.78, 5) is 11.7. The highest BCUT2D eigenvalue weighted by Gasteiger charge is 2.18. The number of aromatic nitrogens is 1. The number of carbonyl (C=O) groups is 1. The van der Waals surface area contributed by atoms with Crippen LogP contribution in [-0.4, -0.2) is 22.8 Å². The fourth-order valence-electron chi connectivity index (χ4n) is 2.03. The summed E-state index contributed by atoms with van der Waals surface area (Å²) in [5.74, 6) is -1.04. The molecular weight excluding hydrogens is 320 g/mol. The fraction of sp³-hybridized carbons (Fsp3) is 0.375. The van der Waals surface area contributed by atoms with Crippen molar-refractivity contribution in [3.8, 4) is 0 Å². The van der Waals surface area contributed by atoms with E-state index in [-0.39, 0.29) is 19.0 Å². The van der Waals surface area contributed by atoms with Gasteiger partial charge in [0.05, 0.1) is 17.8 Å². The van der Waals surface area contributed by atoms with E-state index < -0.39 is 29.3 Å². The number of halogens is 2. The molecule has 1 aromatic heterocycles. The lowest BCUT2D eigenvalue weighted by atomic mass is 10.1. The topological polar surface area (TPSA) is 87.4 Å². The molecule has 0 aliphatic heterocycles. The van der Waals surface area contributed by atoms with Crippen molar-refractivity contribution in [1.29, 1.82) is 0 Å². The fourth-order valence-corrected chi connectivity index (χ4v) is 2.03. The molecule has 0 aliphatic carbocycles. The summed E-state index contributed by atoms with van der Waals surface area (Å²) in [5, 5.41) is 18.5. The Morgan fingerprint density at radius 3 is 2.54 bits per heavy atom. The largest absolute Gasteiger partial charge is 0.386 e. The van der Waals surface area contributed by atoms with Crippen LogP contribution in [0, 0.1) is 11.6 Å². The molecule has 1 unspecified atom stereocenters. The lowest BCUT2D eigenvalue weighted by Crippen LogP contribution is -2.37. The van der Waals surface area contributed by atoms with Crippen molar-refractivity contribution in [2.24, 2.45) is 0 Å². The zero-order chi connectivity index (χ0) is 17.7. The van der Waals surface area contributed by atoms with Crippen LogP contribution < -0.4 is 10.6 Å². The second-order valence-electron chi connectivity index (χ2n) is 5.59. The SMILES string of the molecule is CC(C)c1cc(CNC(=O)NCC(O)c2c(F)cccc2F)on1. The number of benzene rings is 1. The van der Waals surface area contributed by atoms with Gasteiger partial charge in [-0.15, -0.1) is 0 Å². The van der Waals surface area contributed by atoms with E-state index in [0.717, 1.165) is 17.8 Å². The molecule has 1 atom stereocenters. The summed E-state index contributed by atoms with van der Waals surface area (Å²) < 4.78 is 32.1. The van der Waals surface area contributed by atoms with Crippen molar-refractivity contribution >= 4 is 6.03 Å². The molecule has 0 spiro atoms. The van der Waals surface area contributed by atoms with Crippen molar-refractivity contribution < 1.29 is 23.2 Å². The van der Waals surface area contributed by atoms with Gasteiger partial charge in [-0.1, -0.05) is 25.1 Å². The molecule has 130 valence electrons. The molecule has 2 aromatic rings. The van der Waals surface area contributed by atoms with E-state index >= 15 is 0 Å². The molecular formula is C16H19F2N3O3. The number of aliphatic hydroxyl groups excluding tert-OH is 1. The second kappa shape index (κ2) is 7.87. The van der Waals surface area contributed by atoms with Crippen molar-refractivity contribution in [2.45, 2.75) is 32.4 Å². The number of hydrogen-bond donors (Lipinski definition) is 3. The number of nitrogens with zero attached hydrogens (tertiary/aromatic N) is 1. The van der Waals surface area contributed by atoms with Crippen LogP contribution in [0.4, 0.5) is 13.6 Å². The summed E-state index contributed by atoms with van der Waals surface area (Å²) in [6.07, 6.45) is -1.49. The first-order chi connectivity index (χ1) is 11.4. The molecule has 3 N–H and O–H groups in total. The van der Waals surface area contributed by atoms with E-state index in [1.54, 1.807) is 6.07 Å². The number of amides is 2. The lowest BCUT2D eigenvalue weighted by Gasteiger charge is -2.14. The van der Waals surface area contributed by atoms with Crippen LogP contribution in [0.2, 0.25) is 0 Å². The normalized spacial score (nSPS) is 12.2. The first-order valence-electron chi connectivity index (χ1n) is 7.47. The van der Waals surface area contributed by atoms with Crippen molar-refractivity contribution in [3.05, 3.63) is 52.9 Å². The van der Waals surface area contributed by atoms with Crippen molar-refractivity contribution in [2.75, 3.05) is 6.54 Å². The van der Waals surface area contributed by atoms with Gasteiger partial charge in [0.2, 0.25) is 0 Å². The van der Waals surface area contributed by atoms with Gasteiger partial charge in [-0.2, -0.15) is 0 Å². The third-order valence-electron chi connectivity index (χ3n) is 3.38.